The van der Waals surface area contributed by atoms with Crippen LogP contribution in [-0.2, 0) is 10.2 Å². The van der Waals surface area contributed by atoms with Crippen molar-refractivity contribution >= 4 is 5.97 Å². The van der Waals surface area contributed by atoms with Gasteiger partial charge in [0, 0.05) is 5.41 Å². The number of rotatable bonds is 3. The molecule has 1 saturated carbocycles. The number of carboxylic acid groups (broad SMARTS) is 1. The molecule has 15 heavy (non-hydrogen) atoms. The summed E-state index contributed by atoms with van der Waals surface area (Å²) in [7, 11) is 0. The first-order valence-electron chi connectivity index (χ1n) is 5.25. The molecule has 0 bridgehead atoms. The Bertz CT molecular complexity index is 381. The van der Waals surface area contributed by atoms with Gasteiger partial charge in [-0.05, 0) is 17.4 Å². The minimum atomic E-state index is -0.704. The fraction of sp³-hybridized carbons (Fsp3) is 0.462. The van der Waals surface area contributed by atoms with Gasteiger partial charge < -0.3 is 5.11 Å². The van der Waals surface area contributed by atoms with E-state index < -0.39 is 5.97 Å². The predicted molar refractivity (Wildman–Crippen MR) is 58.8 cm³/mol. The van der Waals surface area contributed by atoms with E-state index in [1.54, 1.807) is 0 Å². The van der Waals surface area contributed by atoms with Crippen LogP contribution in [0.3, 0.4) is 0 Å². The van der Waals surface area contributed by atoms with Crippen molar-refractivity contribution in [2.24, 2.45) is 5.41 Å². The molecule has 0 heterocycles. The van der Waals surface area contributed by atoms with Crippen LogP contribution in [-0.4, -0.2) is 11.1 Å². The van der Waals surface area contributed by atoms with Crippen LogP contribution in [0.5, 0.6) is 0 Å². The third-order valence-corrected chi connectivity index (χ3v) is 3.69. The van der Waals surface area contributed by atoms with Crippen molar-refractivity contribution in [3.05, 3.63) is 35.9 Å². The van der Waals surface area contributed by atoms with Crippen LogP contribution in [0.1, 0.15) is 32.3 Å². The van der Waals surface area contributed by atoms with Crippen molar-refractivity contribution in [1.29, 1.82) is 0 Å². The predicted octanol–water partition coefficient (Wildman–Crippen LogP) is 2.83. The maximum Gasteiger partial charge on any atom is 0.304 e. The second-order valence-electron chi connectivity index (χ2n) is 5.08. The zero-order valence-corrected chi connectivity index (χ0v) is 9.16. The van der Waals surface area contributed by atoms with Gasteiger partial charge in [-0.3, -0.25) is 4.79 Å². The molecule has 0 aliphatic heterocycles. The molecular formula is C13H16O2. The van der Waals surface area contributed by atoms with E-state index >= 15 is 0 Å². The van der Waals surface area contributed by atoms with Gasteiger partial charge in [0.05, 0.1) is 6.42 Å². The highest BCUT2D eigenvalue weighted by Gasteiger charge is 2.62. The quantitative estimate of drug-likeness (QED) is 0.822. The normalized spacial score (nSPS) is 27.3. The Balaban J connectivity index is 2.35. The first-order valence-corrected chi connectivity index (χ1v) is 5.25. The molecule has 2 heteroatoms. The average Bonchev–Trinajstić information content (AvgIpc) is 2.70. The summed E-state index contributed by atoms with van der Waals surface area (Å²) in [6.45, 7) is 4.28. The molecule has 0 amide bonds. The van der Waals surface area contributed by atoms with Crippen LogP contribution in [0, 0.1) is 5.41 Å². The number of benzene rings is 1. The maximum atomic E-state index is 10.9. The highest BCUT2D eigenvalue weighted by atomic mass is 16.4. The van der Waals surface area contributed by atoms with Crippen molar-refractivity contribution in [3.63, 3.8) is 0 Å². The molecule has 1 N–H and O–H groups in total. The van der Waals surface area contributed by atoms with Crippen molar-refractivity contribution in [2.75, 3.05) is 0 Å². The summed E-state index contributed by atoms with van der Waals surface area (Å²) in [6, 6.07) is 10.0. The molecule has 2 nitrogen and oxygen atoms in total. The first-order chi connectivity index (χ1) is 6.98. The Labute approximate surface area is 89.9 Å². The first kappa shape index (κ1) is 10.2. The van der Waals surface area contributed by atoms with E-state index in [1.165, 1.54) is 0 Å². The van der Waals surface area contributed by atoms with E-state index in [2.05, 4.69) is 13.8 Å². The van der Waals surface area contributed by atoms with Gasteiger partial charge in [-0.1, -0.05) is 44.2 Å². The lowest BCUT2D eigenvalue weighted by atomic mass is 9.85. The Morgan fingerprint density at radius 3 is 2.27 bits per heavy atom. The summed E-state index contributed by atoms with van der Waals surface area (Å²) in [6.07, 6.45) is 1.21. The summed E-state index contributed by atoms with van der Waals surface area (Å²) in [4.78, 5) is 10.9. The van der Waals surface area contributed by atoms with Crippen LogP contribution < -0.4 is 0 Å². The second kappa shape index (κ2) is 3.09. The molecule has 1 aliphatic rings. The van der Waals surface area contributed by atoms with Crippen LogP contribution in [0.4, 0.5) is 0 Å². The number of aliphatic carboxylic acids is 1. The van der Waals surface area contributed by atoms with Gasteiger partial charge in [-0.15, -0.1) is 0 Å². The Morgan fingerprint density at radius 2 is 1.87 bits per heavy atom. The molecule has 0 aromatic heterocycles. The molecule has 80 valence electrons. The molecule has 0 spiro atoms. The minimum Gasteiger partial charge on any atom is -0.481 e. The smallest absolute Gasteiger partial charge is 0.304 e. The second-order valence-corrected chi connectivity index (χ2v) is 5.08. The molecule has 0 radical (unpaired) electrons. The molecule has 1 aromatic rings. The van der Waals surface area contributed by atoms with Gasteiger partial charge in [0.1, 0.15) is 0 Å². The SMILES string of the molecule is CC1(C)C[C@]1(CC(=O)O)c1ccccc1. The number of hydrogen-bond acceptors (Lipinski definition) is 1. The molecule has 1 atom stereocenters. The van der Waals surface area contributed by atoms with Crippen molar-refractivity contribution in [2.45, 2.75) is 32.1 Å². The number of hydrogen-bond donors (Lipinski definition) is 1. The molecule has 1 fully saturated rings. The third kappa shape index (κ3) is 1.54. The van der Waals surface area contributed by atoms with Crippen LogP contribution >= 0.6 is 0 Å². The number of carbonyl (C=O) groups is 1. The molecule has 2 rings (SSSR count). The average molecular weight is 204 g/mol. The summed E-state index contributed by atoms with van der Waals surface area (Å²) in [5, 5.41) is 8.98. The van der Waals surface area contributed by atoms with Gasteiger partial charge >= 0.3 is 5.97 Å². The van der Waals surface area contributed by atoms with E-state index in [-0.39, 0.29) is 17.3 Å². The molecular weight excluding hydrogens is 188 g/mol. The van der Waals surface area contributed by atoms with E-state index in [1.807, 2.05) is 30.3 Å². The van der Waals surface area contributed by atoms with E-state index in [9.17, 15) is 4.79 Å². The topological polar surface area (TPSA) is 37.3 Å². The van der Waals surface area contributed by atoms with Gasteiger partial charge in [0.2, 0.25) is 0 Å². The zero-order valence-electron chi connectivity index (χ0n) is 9.16. The van der Waals surface area contributed by atoms with Gasteiger partial charge in [0.15, 0.2) is 0 Å². The van der Waals surface area contributed by atoms with Gasteiger partial charge in [-0.25, -0.2) is 0 Å². The van der Waals surface area contributed by atoms with Crippen molar-refractivity contribution < 1.29 is 9.90 Å². The lowest BCUT2D eigenvalue weighted by Crippen LogP contribution is -2.19. The Morgan fingerprint density at radius 1 is 1.33 bits per heavy atom. The summed E-state index contributed by atoms with van der Waals surface area (Å²) < 4.78 is 0. The fourth-order valence-electron chi connectivity index (χ4n) is 2.62. The lowest BCUT2D eigenvalue weighted by Gasteiger charge is -2.18. The van der Waals surface area contributed by atoms with E-state index in [0.717, 1.165) is 12.0 Å². The molecule has 0 unspecified atom stereocenters. The number of carboxylic acids is 1. The highest BCUT2D eigenvalue weighted by molar-refractivity contribution is 5.70. The third-order valence-electron chi connectivity index (χ3n) is 3.69. The summed E-state index contributed by atoms with van der Waals surface area (Å²) in [5.74, 6) is -0.704. The van der Waals surface area contributed by atoms with Crippen molar-refractivity contribution in [1.82, 2.24) is 0 Å². The van der Waals surface area contributed by atoms with E-state index in [0.29, 0.717) is 0 Å². The monoisotopic (exact) mass is 204 g/mol. The summed E-state index contributed by atoms with van der Waals surface area (Å²) >= 11 is 0. The van der Waals surface area contributed by atoms with E-state index in [4.69, 9.17) is 5.11 Å². The van der Waals surface area contributed by atoms with Crippen LogP contribution in [0.15, 0.2) is 30.3 Å². The summed E-state index contributed by atoms with van der Waals surface area (Å²) in [5.41, 5.74) is 1.14. The molecule has 0 saturated heterocycles. The fourth-order valence-corrected chi connectivity index (χ4v) is 2.62. The Hall–Kier alpha value is -1.31. The van der Waals surface area contributed by atoms with Crippen molar-refractivity contribution in [3.8, 4) is 0 Å². The Kier molecular flexibility index (Phi) is 2.10. The molecule has 1 aromatic carbocycles. The van der Waals surface area contributed by atoms with Gasteiger partial charge in [-0.2, -0.15) is 0 Å². The standard InChI is InChI=1S/C13H16O2/c1-12(2)9-13(12,8-11(14)15)10-6-4-3-5-7-10/h3-7H,8-9H2,1-2H3,(H,14,15)/t13-/m1/s1. The maximum absolute atomic E-state index is 10.9. The van der Waals surface area contributed by atoms with Gasteiger partial charge in [0.25, 0.3) is 0 Å². The van der Waals surface area contributed by atoms with Crippen LogP contribution in [0.25, 0.3) is 0 Å². The lowest BCUT2D eigenvalue weighted by molar-refractivity contribution is -0.137. The van der Waals surface area contributed by atoms with Crippen LogP contribution in [0.2, 0.25) is 0 Å². The minimum absolute atomic E-state index is 0.118. The molecule has 1 aliphatic carbocycles. The largest absolute Gasteiger partial charge is 0.481 e. The zero-order chi connectivity index (χ0) is 11.1. The highest BCUT2D eigenvalue weighted by Crippen LogP contribution is 2.66.